The molecule has 2 rings (SSSR count). The number of hydrogen-bond acceptors (Lipinski definition) is 4. The lowest BCUT2D eigenvalue weighted by atomic mass is 9.89. The van der Waals surface area contributed by atoms with E-state index in [4.69, 9.17) is 10.5 Å². The van der Waals surface area contributed by atoms with Crippen LogP contribution in [0.15, 0.2) is 0 Å². The Morgan fingerprint density at radius 3 is 2.79 bits per heavy atom. The zero-order chi connectivity index (χ0) is 14.0. The Morgan fingerprint density at radius 2 is 2.21 bits per heavy atom. The summed E-state index contributed by atoms with van der Waals surface area (Å²) in [4.78, 5) is 25.7. The van der Waals surface area contributed by atoms with Crippen LogP contribution in [0.25, 0.3) is 0 Å². The fourth-order valence-electron chi connectivity index (χ4n) is 2.85. The molecule has 0 bridgehead atoms. The molecule has 6 heteroatoms. The van der Waals surface area contributed by atoms with E-state index in [1.807, 2.05) is 13.8 Å². The van der Waals surface area contributed by atoms with Crippen molar-refractivity contribution in [2.75, 3.05) is 32.8 Å². The van der Waals surface area contributed by atoms with Crippen LogP contribution in [0.5, 0.6) is 0 Å². The molecule has 0 aliphatic carbocycles. The molecule has 0 saturated carbocycles. The Labute approximate surface area is 113 Å². The summed E-state index contributed by atoms with van der Waals surface area (Å²) < 4.78 is 5.40. The summed E-state index contributed by atoms with van der Waals surface area (Å²) in [6, 6.07) is 0.0814. The van der Waals surface area contributed by atoms with E-state index in [-0.39, 0.29) is 23.8 Å². The van der Waals surface area contributed by atoms with Crippen LogP contribution in [0.1, 0.15) is 20.3 Å². The molecule has 2 aliphatic heterocycles. The first-order chi connectivity index (χ1) is 8.98. The first kappa shape index (κ1) is 14.3. The van der Waals surface area contributed by atoms with Crippen molar-refractivity contribution in [2.24, 2.45) is 17.1 Å². The predicted molar refractivity (Wildman–Crippen MR) is 70.3 cm³/mol. The maximum atomic E-state index is 12.5. The Morgan fingerprint density at radius 1 is 1.47 bits per heavy atom. The minimum atomic E-state index is -0.581. The molecular formula is C13H23N3O3. The molecule has 0 aromatic carbocycles. The van der Waals surface area contributed by atoms with Crippen molar-refractivity contribution in [3.05, 3.63) is 0 Å². The highest BCUT2D eigenvalue weighted by molar-refractivity contribution is 5.85. The molecule has 2 aliphatic rings. The summed E-state index contributed by atoms with van der Waals surface area (Å²) in [6.45, 7) is 6.72. The molecule has 0 spiro atoms. The molecule has 2 saturated heterocycles. The molecule has 108 valence electrons. The molecule has 3 N–H and O–H groups in total. The third kappa shape index (κ3) is 2.74. The third-order valence-corrected chi connectivity index (χ3v) is 4.24. The van der Waals surface area contributed by atoms with Crippen LogP contribution in [-0.2, 0) is 14.3 Å². The number of carbonyl (C=O) groups excluding carboxylic acids is 2. The number of amides is 2. The van der Waals surface area contributed by atoms with Gasteiger partial charge >= 0.3 is 0 Å². The summed E-state index contributed by atoms with van der Waals surface area (Å²) in [5, 5.41) is 3.28. The fourth-order valence-corrected chi connectivity index (χ4v) is 2.85. The topological polar surface area (TPSA) is 84.7 Å². The lowest BCUT2D eigenvalue weighted by molar-refractivity contribution is -0.135. The smallest absolute Gasteiger partial charge is 0.229 e. The number of likely N-dealkylation sites (tertiary alicyclic amines) is 1. The highest BCUT2D eigenvalue weighted by atomic mass is 16.5. The molecule has 0 radical (unpaired) electrons. The minimum absolute atomic E-state index is 0.0772. The van der Waals surface area contributed by atoms with E-state index in [2.05, 4.69) is 5.32 Å². The largest absolute Gasteiger partial charge is 0.379 e. The van der Waals surface area contributed by atoms with Gasteiger partial charge in [-0.15, -0.1) is 0 Å². The zero-order valence-electron chi connectivity index (χ0n) is 11.6. The first-order valence-corrected chi connectivity index (χ1v) is 6.88. The van der Waals surface area contributed by atoms with Crippen molar-refractivity contribution < 1.29 is 14.3 Å². The second-order valence-electron chi connectivity index (χ2n) is 5.74. The average molecular weight is 269 g/mol. The summed E-state index contributed by atoms with van der Waals surface area (Å²) in [6.07, 6.45) is 0.646. The predicted octanol–water partition coefficient (Wildman–Crippen LogP) is -0.665. The Balaban J connectivity index is 1.99. The van der Waals surface area contributed by atoms with Crippen molar-refractivity contribution >= 4 is 11.8 Å². The van der Waals surface area contributed by atoms with Crippen LogP contribution in [0, 0.1) is 11.3 Å². The highest BCUT2D eigenvalue weighted by Crippen LogP contribution is 2.31. The molecule has 19 heavy (non-hydrogen) atoms. The number of hydrogen-bond donors (Lipinski definition) is 2. The molecule has 0 aromatic rings. The summed E-state index contributed by atoms with van der Waals surface area (Å²) in [7, 11) is 0. The van der Waals surface area contributed by atoms with Gasteiger partial charge in [0.2, 0.25) is 11.8 Å². The highest BCUT2D eigenvalue weighted by Gasteiger charge is 2.44. The maximum Gasteiger partial charge on any atom is 0.229 e. The van der Waals surface area contributed by atoms with Gasteiger partial charge in [0.25, 0.3) is 0 Å². The SMILES string of the molecule is CCNC1COCC1C(=O)N1CCC(C)(C(N)=O)C1. The van der Waals surface area contributed by atoms with Crippen molar-refractivity contribution in [3.63, 3.8) is 0 Å². The van der Waals surface area contributed by atoms with Crippen LogP contribution in [0.3, 0.4) is 0 Å². The minimum Gasteiger partial charge on any atom is -0.379 e. The van der Waals surface area contributed by atoms with E-state index >= 15 is 0 Å². The van der Waals surface area contributed by atoms with Gasteiger partial charge in [-0.2, -0.15) is 0 Å². The van der Waals surface area contributed by atoms with Crippen LogP contribution in [0.4, 0.5) is 0 Å². The van der Waals surface area contributed by atoms with Crippen LogP contribution >= 0.6 is 0 Å². The Kier molecular flexibility index (Phi) is 4.10. The summed E-state index contributed by atoms with van der Waals surface area (Å²) in [5.74, 6) is -0.391. The van der Waals surface area contributed by atoms with Gasteiger partial charge in [-0.25, -0.2) is 0 Å². The molecule has 2 heterocycles. The van der Waals surface area contributed by atoms with Gasteiger partial charge in [0.15, 0.2) is 0 Å². The lowest BCUT2D eigenvalue weighted by Crippen LogP contribution is -2.46. The fraction of sp³-hybridized carbons (Fsp3) is 0.846. The van der Waals surface area contributed by atoms with E-state index in [0.29, 0.717) is 32.7 Å². The molecule has 3 unspecified atom stereocenters. The number of nitrogens with one attached hydrogen (secondary N) is 1. The number of primary amides is 1. The molecule has 3 atom stereocenters. The van der Waals surface area contributed by atoms with Crippen LogP contribution in [-0.4, -0.2) is 55.6 Å². The number of nitrogens with two attached hydrogens (primary N) is 1. The van der Waals surface area contributed by atoms with Gasteiger partial charge in [-0.1, -0.05) is 6.92 Å². The number of likely N-dealkylation sites (N-methyl/N-ethyl adjacent to an activating group) is 1. The lowest BCUT2D eigenvalue weighted by Gasteiger charge is -2.25. The molecular weight excluding hydrogens is 246 g/mol. The van der Waals surface area contributed by atoms with Crippen LogP contribution < -0.4 is 11.1 Å². The Bertz CT molecular complexity index is 374. The van der Waals surface area contributed by atoms with Crippen molar-refractivity contribution in [3.8, 4) is 0 Å². The number of rotatable bonds is 4. The van der Waals surface area contributed by atoms with Crippen LogP contribution in [0.2, 0.25) is 0 Å². The monoisotopic (exact) mass is 269 g/mol. The summed E-state index contributed by atoms with van der Waals surface area (Å²) in [5.41, 5.74) is 4.83. The van der Waals surface area contributed by atoms with E-state index in [1.165, 1.54) is 0 Å². The first-order valence-electron chi connectivity index (χ1n) is 6.88. The van der Waals surface area contributed by atoms with Crippen molar-refractivity contribution in [1.29, 1.82) is 0 Å². The van der Waals surface area contributed by atoms with E-state index in [9.17, 15) is 9.59 Å². The van der Waals surface area contributed by atoms with Gasteiger partial charge < -0.3 is 20.7 Å². The second kappa shape index (κ2) is 5.46. The van der Waals surface area contributed by atoms with Crippen molar-refractivity contribution in [2.45, 2.75) is 26.3 Å². The van der Waals surface area contributed by atoms with E-state index < -0.39 is 5.41 Å². The van der Waals surface area contributed by atoms with E-state index in [0.717, 1.165) is 6.54 Å². The zero-order valence-corrected chi connectivity index (χ0v) is 11.6. The molecule has 2 amide bonds. The number of nitrogens with zero attached hydrogens (tertiary/aromatic N) is 1. The average Bonchev–Trinajstić information content (AvgIpc) is 2.97. The second-order valence-corrected chi connectivity index (χ2v) is 5.74. The quantitative estimate of drug-likeness (QED) is 0.709. The number of carbonyl (C=O) groups is 2. The molecule has 2 fully saturated rings. The van der Waals surface area contributed by atoms with Gasteiger partial charge in [0, 0.05) is 19.1 Å². The normalized spacial score (nSPS) is 34.7. The molecule has 0 aromatic heterocycles. The van der Waals surface area contributed by atoms with Crippen molar-refractivity contribution in [1.82, 2.24) is 10.2 Å². The Hall–Kier alpha value is -1.14. The van der Waals surface area contributed by atoms with Gasteiger partial charge in [0.05, 0.1) is 24.5 Å². The standard InChI is InChI=1S/C13H23N3O3/c1-3-15-10-7-19-6-9(10)11(17)16-5-4-13(2,8-16)12(14)18/h9-10,15H,3-8H2,1-2H3,(H2,14,18). The number of ether oxygens (including phenoxy) is 1. The van der Waals surface area contributed by atoms with Gasteiger partial charge in [0.1, 0.15) is 0 Å². The third-order valence-electron chi connectivity index (χ3n) is 4.24. The van der Waals surface area contributed by atoms with E-state index in [1.54, 1.807) is 4.90 Å². The maximum absolute atomic E-state index is 12.5. The summed E-state index contributed by atoms with van der Waals surface area (Å²) >= 11 is 0. The van der Waals surface area contributed by atoms with Gasteiger partial charge in [-0.05, 0) is 19.9 Å². The molecule has 6 nitrogen and oxygen atoms in total. The van der Waals surface area contributed by atoms with Gasteiger partial charge in [-0.3, -0.25) is 9.59 Å².